The number of hydrogen-bond acceptors (Lipinski definition) is 1. The summed E-state index contributed by atoms with van der Waals surface area (Å²) >= 11 is 0. The molecule has 0 aromatic heterocycles. The fourth-order valence-corrected chi connectivity index (χ4v) is 2.54. The first kappa shape index (κ1) is 10.1. The fourth-order valence-electron chi connectivity index (χ4n) is 0.846. The van der Waals surface area contributed by atoms with Crippen LogP contribution in [0.5, 0.6) is 0 Å². The van der Waals surface area contributed by atoms with Crippen LogP contribution in [0.4, 0.5) is 0 Å². The normalized spacial score (nSPS) is 13.8. The summed E-state index contributed by atoms with van der Waals surface area (Å²) in [5.74, 6) is 0.352. The van der Waals surface area contributed by atoms with Crippen molar-refractivity contribution in [1.82, 2.24) is 0 Å². The van der Waals surface area contributed by atoms with E-state index in [1.54, 1.807) is 6.92 Å². The SMILES string of the molecule is CC(=O)C[PH](C)(C)C(C)C. The minimum absolute atomic E-state index is 0.352. The van der Waals surface area contributed by atoms with E-state index < -0.39 is 7.26 Å². The van der Waals surface area contributed by atoms with E-state index in [2.05, 4.69) is 27.2 Å². The van der Waals surface area contributed by atoms with Gasteiger partial charge in [0.25, 0.3) is 0 Å². The van der Waals surface area contributed by atoms with Crippen molar-refractivity contribution in [2.24, 2.45) is 0 Å². The summed E-state index contributed by atoms with van der Waals surface area (Å²) in [6, 6.07) is 0. The molecule has 0 saturated heterocycles. The zero-order valence-corrected chi connectivity index (χ0v) is 8.69. The van der Waals surface area contributed by atoms with Crippen LogP contribution in [0.1, 0.15) is 20.8 Å². The molecule has 0 heterocycles. The monoisotopic (exact) mass is 162 g/mol. The molecule has 1 nitrogen and oxygen atoms in total. The molecular weight excluding hydrogens is 143 g/mol. The van der Waals surface area contributed by atoms with Crippen molar-refractivity contribution in [3.05, 3.63) is 0 Å². The van der Waals surface area contributed by atoms with Crippen molar-refractivity contribution in [2.75, 3.05) is 19.5 Å². The number of carbonyl (C=O) groups excluding carboxylic acids is 1. The Morgan fingerprint density at radius 1 is 1.40 bits per heavy atom. The second-order valence-electron chi connectivity index (χ2n) is 4.02. The Morgan fingerprint density at radius 3 is 1.90 bits per heavy atom. The molecule has 0 aliphatic heterocycles. The van der Waals surface area contributed by atoms with Gasteiger partial charge in [-0.3, -0.25) is 0 Å². The molecule has 0 aromatic rings. The van der Waals surface area contributed by atoms with Gasteiger partial charge in [-0.1, -0.05) is 0 Å². The van der Waals surface area contributed by atoms with Gasteiger partial charge in [0.05, 0.1) is 0 Å². The molecule has 0 N–H and O–H groups in total. The number of hydrogen-bond donors (Lipinski definition) is 0. The average Bonchev–Trinajstić information content (AvgIpc) is 1.60. The van der Waals surface area contributed by atoms with Crippen molar-refractivity contribution >= 4 is 13.0 Å². The summed E-state index contributed by atoms with van der Waals surface area (Å²) in [4.78, 5) is 10.8. The maximum atomic E-state index is 10.8. The summed E-state index contributed by atoms with van der Waals surface area (Å²) in [6.07, 6.45) is 0.838. The number of Topliss-reactive ketones (excluding diaryl/α,β-unsaturated/α-hetero) is 1. The van der Waals surface area contributed by atoms with Crippen molar-refractivity contribution in [1.29, 1.82) is 0 Å². The average molecular weight is 162 g/mol. The molecule has 0 amide bonds. The van der Waals surface area contributed by atoms with Gasteiger partial charge in [0.1, 0.15) is 0 Å². The topological polar surface area (TPSA) is 17.1 Å². The molecule has 0 rings (SSSR count). The predicted molar refractivity (Wildman–Crippen MR) is 50.8 cm³/mol. The van der Waals surface area contributed by atoms with Gasteiger partial charge in [0, 0.05) is 0 Å². The van der Waals surface area contributed by atoms with E-state index in [4.69, 9.17) is 0 Å². The Kier molecular flexibility index (Phi) is 3.51. The standard InChI is InChI=1S/C8H19OP/c1-7(2)10(4,5)6-8(3)9/h7,10H,6H2,1-5H3. The van der Waals surface area contributed by atoms with Gasteiger partial charge in [0.15, 0.2) is 0 Å². The van der Waals surface area contributed by atoms with Gasteiger partial charge in [0.2, 0.25) is 0 Å². The van der Waals surface area contributed by atoms with Gasteiger partial charge in [-0.25, -0.2) is 0 Å². The van der Waals surface area contributed by atoms with E-state index in [0.29, 0.717) is 5.78 Å². The van der Waals surface area contributed by atoms with Crippen molar-refractivity contribution in [2.45, 2.75) is 26.4 Å². The van der Waals surface area contributed by atoms with E-state index in [1.807, 2.05) is 0 Å². The van der Waals surface area contributed by atoms with Crippen LogP contribution in [0.15, 0.2) is 0 Å². The summed E-state index contributed by atoms with van der Waals surface area (Å²) in [5, 5.41) is 0. The maximum absolute atomic E-state index is 10.8. The zero-order chi connectivity index (χ0) is 8.36. The van der Waals surface area contributed by atoms with Crippen LogP contribution in [0, 0.1) is 0 Å². The van der Waals surface area contributed by atoms with Crippen LogP contribution in [0.2, 0.25) is 0 Å². The molecule has 2 heteroatoms. The van der Waals surface area contributed by atoms with Crippen LogP contribution in [0.3, 0.4) is 0 Å². The summed E-state index contributed by atoms with van der Waals surface area (Å²) < 4.78 is 0. The molecule has 0 fully saturated rings. The first-order valence-electron chi connectivity index (χ1n) is 3.85. The van der Waals surface area contributed by atoms with E-state index in [9.17, 15) is 4.79 Å². The van der Waals surface area contributed by atoms with Crippen molar-refractivity contribution < 1.29 is 4.79 Å². The van der Waals surface area contributed by atoms with E-state index in [-0.39, 0.29) is 0 Å². The Morgan fingerprint density at radius 2 is 1.80 bits per heavy atom. The Hall–Kier alpha value is 0.100. The number of ketones is 1. The van der Waals surface area contributed by atoms with Gasteiger partial charge >= 0.3 is 63.8 Å². The first-order chi connectivity index (χ1) is 4.36. The fraction of sp³-hybridized carbons (Fsp3) is 0.875. The first-order valence-corrected chi connectivity index (χ1v) is 7.14. The summed E-state index contributed by atoms with van der Waals surface area (Å²) in [6.45, 7) is 10.7. The molecule has 0 aromatic carbocycles. The van der Waals surface area contributed by atoms with Crippen LogP contribution in [-0.2, 0) is 4.79 Å². The molecule has 0 aliphatic carbocycles. The van der Waals surface area contributed by atoms with Crippen molar-refractivity contribution in [3.8, 4) is 0 Å². The van der Waals surface area contributed by atoms with Gasteiger partial charge in [-0.15, -0.1) is 0 Å². The van der Waals surface area contributed by atoms with Crippen LogP contribution < -0.4 is 0 Å². The molecule has 0 aliphatic rings. The second kappa shape index (κ2) is 3.48. The molecule has 0 unspecified atom stereocenters. The van der Waals surface area contributed by atoms with Crippen LogP contribution >= 0.6 is 7.26 Å². The molecule has 10 heavy (non-hydrogen) atoms. The minimum atomic E-state index is -1.19. The quantitative estimate of drug-likeness (QED) is 0.580. The molecule has 0 atom stereocenters. The van der Waals surface area contributed by atoms with Gasteiger partial charge in [-0.05, 0) is 0 Å². The van der Waals surface area contributed by atoms with Crippen LogP contribution in [-0.4, -0.2) is 30.9 Å². The van der Waals surface area contributed by atoms with Gasteiger partial charge < -0.3 is 0 Å². The van der Waals surface area contributed by atoms with E-state index >= 15 is 0 Å². The second-order valence-corrected chi connectivity index (χ2v) is 9.51. The molecule has 0 radical (unpaired) electrons. The third-order valence-electron chi connectivity index (χ3n) is 2.27. The Balaban J connectivity index is 3.99. The summed E-state index contributed by atoms with van der Waals surface area (Å²) in [7, 11) is -1.19. The molecule has 0 spiro atoms. The number of rotatable bonds is 3. The Labute approximate surface area is 64.5 Å². The van der Waals surface area contributed by atoms with E-state index in [0.717, 1.165) is 11.8 Å². The summed E-state index contributed by atoms with van der Waals surface area (Å²) in [5.41, 5.74) is 0.719. The predicted octanol–water partition coefficient (Wildman–Crippen LogP) is 1.99. The van der Waals surface area contributed by atoms with Crippen molar-refractivity contribution in [3.63, 3.8) is 0 Å². The zero-order valence-electron chi connectivity index (χ0n) is 7.69. The third-order valence-corrected chi connectivity index (χ3v) is 6.80. The molecular formula is C8H19OP. The van der Waals surface area contributed by atoms with E-state index in [1.165, 1.54) is 0 Å². The van der Waals surface area contributed by atoms with Gasteiger partial charge in [-0.2, -0.15) is 0 Å². The molecule has 62 valence electrons. The third kappa shape index (κ3) is 3.31. The molecule has 0 saturated carbocycles. The molecule has 0 bridgehead atoms. The number of carbonyl (C=O) groups is 1. The Bertz CT molecular complexity index is 127. The van der Waals surface area contributed by atoms with Crippen LogP contribution in [0.25, 0.3) is 0 Å².